The lowest BCUT2D eigenvalue weighted by Crippen LogP contribution is -2.42. The first-order chi connectivity index (χ1) is 14.7. The number of nitrogens with zero attached hydrogens (tertiary/aromatic N) is 1. The summed E-state index contributed by atoms with van der Waals surface area (Å²) in [5, 5.41) is 12.8. The molecule has 1 aromatic heterocycles. The van der Waals surface area contributed by atoms with Crippen molar-refractivity contribution in [1.29, 1.82) is 0 Å². The standard InChI is InChI=1S/C27H25NO2/c1-30-27(29)23(17-19-7-3-2-4-8-19)15-13-20-11-12-22(18-24(20)27)26-16-14-21-9-5-6-10-25(21)28-26/h2-12,14,16,18,23,29H,13,15,17H2,1H3. The summed E-state index contributed by atoms with van der Waals surface area (Å²) in [6.45, 7) is 0. The molecule has 3 nitrogen and oxygen atoms in total. The lowest BCUT2D eigenvalue weighted by atomic mass is 9.75. The molecule has 2 unspecified atom stereocenters. The van der Waals surface area contributed by atoms with Crippen LogP contribution in [0.3, 0.4) is 0 Å². The van der Waals surface area contributed by atoms with Crippen molar-refractivity contribution >= 4 is 10.9 Å². The Morgan fingerprint density at radius 3 is 2.60 bits per heavy atom. The number of pyridine rings is 1. The minimum atomic E-state index is -1.31. The first-order valence-corrected chi connectivity index (χ1v) is 10.5. The van der Waals surface area contributed by atoms with Crippen molar-refractivity contribution in [2.75, 3.05) is 7.11 Å². The monoisotopic (exact) mass is 395 g/mol. The van der Waals surface area contributed by atoms with Gasteiger partial charge in [0.2, 0.25) is 0 Å². The van der Waals surface area contributed by atoms with Gasteiger partial charge in [-0.15, -0.1) is 0 Å². The van der Waals surface area contributed by atoms with Gasteiger partial charge >= 0.3 is 0 Å². The summed E-state index contributed by atoms with van der Waals surface area (Å²) in [6, 6.07) is 28.9. The molecule has 0 bridgehead atoms. The third kappa shape index (κ3) is 3.30. The van der Waals surface area contributed by atoms with Crippen molar-refractivity contribution in [3.63, 3.8) is 0 Å². The Labute approximate surface area is 177 Å². The SMILES string of the molecule is COC1(O)c2cc(-c3ccc4ccccc4n3)ccc2CCC1Cc1ccccc1. The van der Waals surface area contributed by atoms with Crippen LogP contribution in [0.25, 0.3) is 22.2 Å². The third-order valence-electron chi connectivity index (χ3n) is 6.34. The van der Waals surface area contributed by atoms with Crippen LogP contribution in [0.1, 0.15) is 23.1 Å². The van der Waals surface area contributed by atoms with E-state index in [9.17, 15) is 5.11 Å². The first-order valence-electron chi connectivity index (χ1n) is 10.5. The number of fused-ring (bicyclic) bond motifs is 2. The topological polar surface area (TPSA) is 42.4 Å². The van der Waals surface area contributed by atoms with Crippen LogP contribution < -0.4 is 0 Å². The maximum Gasteiger partial charge on any atom is 0.195 e. The molecule has 0 saturated carbocycles. The Hall–Kier alpha value is -3.01. The van der Waals surface area contributed by atoms with E-state index >= 15 is 0 Å². The predicted octanol–water partition coefficient (Wildman–Crippen LogP) is 5.50. The number of hydrogen-bond acceptors (Lipinski definition) is 3. The molecular weight excluding hydrogens is 370 g/mol. The fourth-order valence-corrected chi connectivity index (χ4v) is 4.67. The van der Waals surface area contributed by atoms with Gasteiger partial charge in [-0.3, -0.25) is 0 Å². The molecule has 0 spiro atoms. The minimum absolute atomic E-state index is 0.00258. The van der Waals surface area contributed by atoms with Gasteiger partial charge in [0.1, 0.15) is 0 Å². The molecule has 3 aromatic carbocycles. The smallest absolute Gasteiger partial charge is 0.195 e. The third-order valence-corrected chi connectivity index (χ3v) is 6.34. The highest BCUT2D eigenvalue weighted by Gasteiger charge is 2.43. The van der Waals surface area contributed by atoms with Crippen LogP contribution in [-0.2, 0) is 23.4 Å². The average Bonchev–Trinajstić information content (AvgIpc) is 2.81. The van der Waals surface area contributed by atoms with Gasteiger partial charge in [0.25, 0.3) is 0 Å². The van der Waals surface area contributed by atoms with Crippen molar-refractivity contribution in [2.45, 2.75) is 25.0 Å². The first kappa shape index (κ1) is 19.0. The van der Waals surface area contributed by atoms with Crippen LogP contribution in [0.2, 0.25) is 0 Å². The fourth-order valence-electron chi connectivity index (χ4n) is 4.67. The second-order valence-corrected chi connectivity index (χ2v) is 8.09. The highest BCUT2D eigenvalue weighted by molar-refractivity contribution is 5.81. The van der Waals surface area contributed by atoms with Gasteiger partial charge in [0, 0.05) is 29.5 Å². The van der Waals surface area contributed by atoms with Crippen LogP contribution in [0.5, 0.6) is 0 Å². The average molecular weight is 396 g/mol. The second-order valence-electron chi connectivity index (χ2n) is 8.09. The van der Waals surface area contributed by atoms with Crippen LogP contribution in [0.15, 0.2) is 84.9 Å². The summed E-state index contributed by atoms with van der Waals surface area (Å²) in [6.07, 6.45) is 2.60. The second kappa shape index (κ2) is 7.67. The van der Waals surface area contributed by atoms with Crippen LogP contribution in [-0.4, -0.2) is 17.2 Å². The Balaban J connectivity index is 1.54. The molecule has 1 N–H and O–H groups in total. The minimum Gasteiger partial charge on any atom is -0.362 e. The van der Waals surface area contributed by atoms with Gasteiger partial charge in [0.05, 0.1) is 11.2 Å². The van der Waals surface area contributed by atoms with E-state index in [0.29, 0.717) is 0 Å². The fraction of sp³-hybridized carbons (Fsp3) is 0.222. The summed E-state index contributed by atoms with van der Waals surface area (Å²) in [4.78, 5) is 4.83. The van der Waals surface area contributed by atoms with Crippen LogP contribution in [0.4, 0.5) is 0 Å². The summed E-state index contributed by atoms with van der Waals surface area (Å²) in [5.41, 5.74) is 6.10. The van der Waals surface area contributed by atoms with Gasteiger partial charge in [-0.2, -0.15) is 0 Å². The number of methoxy groups -OCH3 is 1. The normalized spacial score (nSPS) is 20.8. The zero-order chi connectivity index (χ0) is 20.6. The molecule has 0 aliphatic heterocycles. The maximum atomic E-state index is 11.7. The summed E-state index contributed by atoms with van der Waals surface area (Å²) >= 11 is 0. The van der Waals surface area contributed by atoms with E-state index in [1.807, 2.05) is 42.5 Å². The highest BCUT2D eigenvalue weighted by Crippen LogP contribution is 2.43. The van der Waals surface area contributed by atoms with Gasteiger partial charge in [-0.25, -0.2) is 4.98 Å². The number of aryl methyl sites for hydroxylation is 1. The molecule has 0 fully saturated rings. The van der Waals surface area contributed by atoms with E-state index in [4.69, 9.17) is 9.72 Å². The molecule has 3 heteroatoms. The van der Waals surface area contributed by atoms with E-state index in [1.165, 1.54) is 5.56 Å². The number of benzene rings is 3. The van der Waals surface area contributed by atoms with Gasteiger partial charge in [-0.1, -0.05) is 66.7 Å². The zero-order valence-corrected chi connectivity index (χ0v) is 17.1. The Bertz CT molecular complexity index is 1190. The molecule has 0 amide bonds. The van der Waals surface area contributed by atoms with E-state index in [-0.39, 0.29) is 5.92 Å². The molecular formula is C27H25NO2. The largest absolute Gasteiger partial charge is 0.362 e. The highest BCUT2D eigenvalue weighted by atomic mass is 16.6. The number of aromatic nitrogens is 1. The number of aliphatic hydroxyl groups is 1. The number of para-hydroxylation sites is 1. The molecule has 5 rings (SSSR count). The molecule has 1 aliphatic carbocycles. The van der Waals surface area contributed by atoms with E-state index in [1.54, 1.807) is 7.11 Å². The van der Waals surface area contributed by atoms with Crippen molar-refractivity contribution < 1.29 is 9.84 Å². The maximum absolute atomic E-state index is 11.7. The molecule has 150 valence electrons. The molecule has 0 saturated heterocycles. The Kier molecular flexibility index (Phi) is 4.86. The molecule has 0 radical (unpaired) electrons. The lowest BCUT2D eigenvalue weighted by Gasteiger charge is -2.40. The zero-order valence-electron chi connectivity index (χ0n) is 17.1. The van der Waals surface area contributed by atoms with Crippen molar-refractivity contribution in [3.05, 3.63) is 102 Å². The van der Waals surface area contributed by atoms with Crippen LogP contribution >= 0.6 is 0 Å². The number of ether oxygens (including phenoxy) is 1. The summed E-state index contributed by atoms with van der Waals surface area (Å²) in [5.74, 6) is -1.31. The predicted molar refractivity (Wildman–Crippen MR) is 120 cm³/mol. The number of hydrogen-bond donors (Lipinski definition) is 1. The van der Waals surface area contributed by atoms with Gasteiger partial charge < -0.3 is 9.84 Å². The molecule has 2 atom stereocenters. The number of rotatable bonds is 4. The van der Waals surface area contributed by atoms with Crippen molar-refractivity contribution in [2.24, 2.45) is 5.92 Å². The summed E-state index contributed by atoms with van der Waals surface area (Å²) in [7, 11) is 1.61. The lowest BCUT2D eigenvalue weighted by molar-refractivity contribution is -0.236. The molecule has 1 aliphatic rings. The van der Waals surface area contributed by atoms with Crippen molar-refractivity contribution in [3.8, 4) is 11.3 Å². The van der Waals surface area contributed by atoms with E-state index in [2.05, 4.69) is 42.5 Å². The van der Waals surface area contributed by atoms with E-state index < -0.39 is 5.79 Å². The summed E-state index contributed by atoms with van der Waals surface area (Å²) < 4.78 is 5.79. The van der Waals surface area contributed by atoms with Crippen molar-refractivity contribution in [1.82, 2.24) is 4.98 Å². The molecule has 30 heavy (non-hydrogen) atoms. The Morgan fingerprint density at radius 1 is 0.967 bits per heavy atom. The van der Waals surface area contributed by atoms with Gasteiger partial charge in [-0.05, 0) is 48.6 Å². The molecule has 1 heterocycles. The van der Waals surface area contributed by atoms with Crippen LogP contribution in [0, 0.1) is 5.92 Å². The van der Waals surface area contributed by atoms with E-state index in [0.717, 1.165) is 52.5 Å². The molecule has 4 aromatic rings. The van der Waals surface area contributed by atoms with Gasteiger partial charge in [0.15, 0.2) is 5.79 Å². The Morgan fingerprint density at radius 2 is 1.77 bits per heavy atom. The quantitative estimate of drug-likeness (QED) is 0.464.